The zero-order valence-corrected chi connectivity index (χ0v) is 12.7. The highest BCUT2D eigenvalue weighted by atomic mass is 15.1. The van der Waals surface area contributed by atoms with Crippen molar-refractivity contribution in [3.8, 4) is 0 Å². The van der Waals surface area contributed by atoms with Crippen LogP contribution in [0.15, 0.2) is 58.8 Å². The Morgan fingerprint density at radius 1 is 0.550 bits per heavy atom. The highest BCUT2D eigenvalue weighted by Gasteiger charge is 1.99. The second-order valence-electron chi connectivity index (χ2n) is 5.69. The summed E-state index contributed by atoms with van der Waals surface area (Å²) in [5.41, 5.74) is 4.43. The molecule has 0 aromatic heterocycles. The Kier molecular flexibility index (Phi) is 4.67. The summed E-state index contributed by atoms with van der Waals surface area (Å²) >= 11 is 0. The molecular formula is C18H22N2. The van der Waals surface area contributed by atoms with Crippen LogP contribution < -0.4 is 0 Å². The van der Waals surface area contributed by atoms with Gasteiger partial charge in [0.1, 0.15) is 0 Å². The molecule has 0 amide bonds. The van der Waals surface area contributed by atoms with Crippen LogP contribution in [0.5, 0.6) is 0 Å². The van der Waals surface area contributed by atoms with Crippen LogP contribution in [0.3, 0.4) is 0 Å². The normalized spacial score (nSPS) is 11.7. The minimum atomic E-state index is 0.546. The number of hydrogen-bond acceptors (Lipinski definition) is 2. The molecule has 2 rings (SSSR count). The minimum absolute atomic E-state index is 0.546. The van der Waals surface area contributed by atoms with Gasteiger partial charge < -0.3 is 0 Å². The maximum atomic E-state index is 4.28. The molecule has 0 saturated carbocycles. The lowest BCUT2D eigenvalue weighted by atomic mass is 10.0. The first kappa shape index (κ1) is 14.4. The molecule has 20 heavy (non-hydrogen) atoms. The molecule has 0 aliphatic heterocycles. The second-order valence-corrected chi connectivity index (χ2v) is 5.69. The van der Waals surface area contributed by atoms with Gasteiger partial charge in [-0.1, -0.05) is 52.0 Å². The van der Waals surface area contributed by atoms with Gasteiger partial charge in [-0.3, -0.25) is 0 Å². The molecule has 0 radical (unpaired) electrons. The van der Waals surface area contributed by atoms with E-state index in [4.69, 9.17) is 0 Å². The third-order valence-electron chi connectivity index (χ3n) is 3.40. The average Bonchev–Trinajstić information content (AvgIpc) is 2.46. The lowest BCUT2D eigenvalue weighted by Gasteiger charge is -2.05. The number of rotatable bonds is 4. The molecule has 0 spiro atoms. The number of benzene rings is 2. The molecule has 0 N–H and O–H groups in total. The lowest BCUT2D eigenvalue weighted by Crippen LogP contribution is -1.84. The smallest absolute Gasteiger partial charge is 0.0857 e. The molecule has 2 nitrogen and oxygen atoms in total. The summed E-state index contributed by atoms with van der Waals surface area (Å²) < 4.78 is 0. The van der Waals surface area contributed by atoms with Crippen LogP contribution in [0.25, 0.3) is 0 Å². The maximum absolute atomic E-state index is 4.28. The van der Waals surface area contributed by atoms with Gasteiger partial charge in [0.2, 0.25) is 0 Å². The van der Waals surface area contributed by atoms with E-state index in [0.717, 1.165) is 11.4 Å². The molecule has 2 aromatic rings. The molecule has 0 unspecified atom stereocenters. The minimum Gasteiger partial charge on any atom is -0.151 e. The van der Waals surface area contributed by atoms with Crippen molar-refractivity contribution >= 4 is 11.4 Å². The summed E-state index contributed by atoms with van der Waals surface area (Å²) in [6, 6.07) is 16.5. The molecule has 0 heterocycles. The van der Waals surface area contributed by atoms with Gasteiger partial charge in [0.15, 0.2) is 0 Å². The van der Waals surface area contributed by atoms with Gasteiger partial charge in [0, 0.05) is 0 Å². The molecule has 2 heteroatoms. The third-order valence-corrected chi connectivity index (χ3v) is 3.40. The number of azo groups is 1. The van der Waals surface area contributed by atoms with E-state index in [-0.39, 0.29) is 0 Å². The van der Waals surface area contributed by atoms with Crippen molar-refractivity contribution in [3.05, 3.63) is 59.7 Å². The quantitative estimate of drug-likeness (QED) is 0.576. The van der Waals surface area contributed by atoms with Gasteiger partial charge in [-0.2, -0.15) is 10.2 Å². The summed E-state index contributed by atoms with van der Waals surface area (Å²) in [6.45, 7) is 8.75. The Hall–Kier alpha value is -1.96. The van der Waals surface area contributed by atoms with Gasteiger partial charge >= 0.3 is 0 Å². The van der Waals surface area contributed by atoms with Crippen LogP contribution in [0.2, 0.25) is 0 Å². The van der Waals surface area contributed by atoms with Crippen LogP contribution in [-0.4, -0.2) is 0 Å². The van der Waals surface area contributed by atoms with Crippen LogP contribution in [0.4, 0.5) is 11.4 Å². The summed E-state index contributed by atoms with van der Waals surface area (Å²) in [6.07, 6.45) is 0. The van der Waals surface area contributed by atoms with Crippen molar-refractivity contribution in [3.63, 3.8) is 0 Å². The first-order valence-corrected chi connectivity index (χ1v) is 7.18. The fourth-order valence-electron chi connectivity index (χ4n) is 1.97. The van der Waals surface area contributed by atoms with E-state index < -0.39 is 0 Å². The van der Waals surface area contributed by atoms with Crippen molar-refractivity contribution in [2.75, 3.05) is 0 Å². The monoisotopic (exact) mass is 266 g/mol. The predicted molar refractivity (Wildman–Crippen MR) is 85.2 cm³/mol. The van der Waals surface area contributed by atoms with E-state index >= 15 is 0 Å². The Morgan fingerprint density at radius 3 is 1.10 bits per heavy atom. The molecular weight excluding hydrogens is 244 g/mol. The van der Waals surface area contributed by atoms with Crippen molar-refractivity contribution in [2.45, 2.75) is 39.5 Å². The van der Waals surface area contributed by atoms with Gasteiger partial charge in [-0.15, -0.1) is 0 Å². The number of nitrogens with zero attached hydrogens (tertiary/aromatic N) is 2. The van der Waals surface area contributed by atoms with Crippen LogP contribution in [0, 0.1) is 0 Å². The zero-order chi connectivity index (χ0) is 14.5. The molecule has 0 aliphatic rings. The maximum Gasteiger partial charge on any atom is 0.0857 e. The van der Waals surface area contributed by atoms with E-state index in [9.17, 15) is 0 Å². The van der Waals surface area contributed by atoms with E-state index in [1.54, 1.807) is 0 Å². The van der Waals surface area contributed by atoms with Crippen molar-refractivity contribution in [1.82, 2.24) is 0 Å². The SMILES string of the molecule is CC(C)c1ccc(/N=N/c2ccc(C(C)C)cc2)cc1. The van der Waals surface area contributed by atoms with Crippen molar-refractivity contribution in [1.29, 1.82) is 0 Å². The first-order chi connectivity index (χ1) is 9.56. The molecule has 2 aromatic carbocycles. The summed E-state index contributed by atoms with van der Waals surface area (Å²) in [4.78, 5) is 0. The van der Waals surface area contributed by atoms with Gasteiger partial charge in [0.05, 0.1) is 11.4 Å². The van der Waals surface area contributed by atoms with Gasteiger partial charge in [-0.25, -0.2) is 0 Å². The van der Waals surface area contributed by atoms with Crippen molar-refractivity contribution in [2.24, 2.45) is 10.2 Å². The van der Waals surface area contributed by atoms with Crippen LogP contribution in [-0.2, 0) is 0 Å². The van der Waals surface area contributed by atoms with Gasteiger partial charge in [-0.05, 0) is 47.2 Å². The summed E-state index contributed by atoms with van der Waals surface area (Å²) in [7, 11) is 0. The Morgan fingerprint density at radius 2 is 0.850 bits per heavy atom. The zero-order valence-electron chi connectivity index (χ0n) is 12.7. The van der Waals surface area contributed by atoms with E-state index in [2.05, 4.69) is 62.2 Å². The van der Waals surface area contributed by atoms with E-state index in [0.29, 0.717) is 11.8 Å². The first-order valence-electron chi connectivity index (χ1n) is 7.18. The van der Waals surface area contributed by atoms with Crippen molar-refractivity contribution < 1.29 is 0 Å². The molecule has 0 aliphatic carbocycles. The second kappa shape index (κ2) is 6.47. The summed E-state index contributed by atoms with van der Waals surface area (Å²) in [5.74, 6) is 1.09. The fourth-order valence-corrected chi connectivity index (χ4v) is 1.97. The Balaban J connectivity index is 2.08. The highest BCUT2D eigenvalue weighted by Crippen LogP contribution is 2.23. The summed E-state index contributed by atoms with van der Waals surface area (Å²) in [5, 5.41) is 8.55. The standard InChI is InChI=1S/C18H22N2/c1-13(2)15-5-9-17(10-6-15)19-20-18-11-7-16(8-12-18)14(3)4/h5-14H,1-4H3/b20-19+. The predicted octanol–water partition coefficient (Wildman–Crippen LogP) is 6.35. The molecule has 104 valence electrons. The van der Waals surface area contributed by atoms with Crippen LogP contribution in [0.1, 0.15) is 50.7 Å². The largest absolute Gasteiger partial charge is 0.151 e. The lowest BCUT2D eigenvalue weighted by molar-refractivity contribution is 0.866. The van der Waals surface area contributed by atoms with E-state index in [1.807, 2.05) is 24.3 Å². The Labute approximate surface area is 121 Å². The number of hydrogen-bond donors (Lipinski definition) is 0. The van der Waals surface area contributed by atoms with E-state index in [1.165, 1.54) is 11.1 Å². The molecule has 0 saturated heterocycles. The average molecular weight is 266 g/mol. The Bertz CT molecular complexity index is 510. The molecule has 0 bridgehead atoms. The topological polar surface area (TPSA) is 24.7 Å². The highest BCUT2D eigenvalue weighted by molar-refractivity contribution is 5.42. The molecule has 0 fully saturated rings. The third kappa shape index (κ3) is 3.77. The van der Waals surface area contributed by atoms with Crippen LogP contribution >= 0.6 is 0 Å². The fraction of sp³-hybridized carbons (Fsp3) is 0.333. The van der Waals surface area contributed by atoms with Gasteiger partial charge in [0.25, 0.3) is 0 Å². The molecule has 0 atom stereocenters.